The second kappa shape index (κ2) is 7.58. The fourth-order valence-electron chi connectivity index (χ4n) is 2.73. The number of sulfonamides is 1. The number of anilines is 1. The summed E-state index contributed by atoms with van der Waals surface area (Å²) in [5.41, 5.74) is 1.43. The van der Waals surface area contributed by atoms with E-state index in [0.29, 0.717) is 12.2 Å². The largest absolute Gasteiger partial charge is 0.350 e. The van der Waals surface area contributed by atoms with Gasteiger partial charge in [-0.3, -0.25) is 9.10 Å². The summed E-state index contributed by atoms with van der Waals surface area (Å²) in [5.74, 6) is -0.354. The number of nitrogens with zero attached hydrogens (tertiary/aromatic N) is 1. The highest BCUT2D eigenvalue weighted by molar-refractivity contribution is 7.92. The number of nitrogens with one attached hydrogen (secondary N) is 1. The summed E-state index contributed by atoms with van der Waals surface area (Å²) in [4.78, 5) is 12.3. The third-order valence-corrected chi connectivity index (χ3v) is 5.18. The van der Waals surface area contributed by atoms with Crippen molar-refractivity contribution in [1.29, 1.82) is 0 Å². The van der Waals surface area contributed by atoms with Gasteiger partial charge in [0.15, 0.2) is 0 Å². The third-order valence-electron chi connectivity index (χ3n) is 4.04. The molecule has 0 aliphatic rings. The van der Waals surface area contributed by atoms with Crippen LogP contribution in [-0.4, -0.2) is 27.1 Å². The van der Waals surface area contributed by atoms with Gasteiger partial charge < -0.3 is 5.32 Å². The molecule has 0 unspecified atom stereocenters. The molecule has 0 saturated heterocycles. The topological polar surface area (TPSA) is 66.5 Å². The van der Waals surface area contributed by atoms with E-state index in [0.717, 1.165) is 26.9 Å². The first-order valence-electron chi connectivity index (χ1n) is 8.20. The minimum atomic E-state index is -3.55. The van der Waals surface area contributed by atoms with Crippen LogP contribution in [0.25, 0.3) is 10.8 Å². The minimum absolute atomic E-state index is 0.254. The number of carbonyl (C=O) groups is 1. The molecule has 0 aliphatic carbocycles. The maximum atomic E-state index is 12.3. The average molecular weight is 368 g/mol. The van der Waals surface area contributed by atoms with Gasteiger partial charge in [0.1, 0.15) is 6.54 Å². The molecule has 0 fully saturated rings. The summed E-state index contributed by atoms with van der Waals surface area (Å²) in [6, 6.07) is 22.6. The van der Waals surface area contributed by atoms with Crippen molar-refractivity contribution in [3.8, 4) is 0 Å². The minimum Gasteiger partial charge on any atom is -0.350 e. The van der Waals surface area contributed by atoms with Crippen molar-refractivity contribution in [3.05, 3.63) is 78.4 Å². The van der Waals surface area contributed by atoms with E-state index in [1.54, 1.807) is 30.3 Å². The van der Waals surface area contributed by atoms with Crippen molar-refractivity contribution < 1.29 is 13.2 Å². The second-order valence-corrected chi connectivity index (χ2v) is 7.97. The number of benzene rings is 3. The predicted octanol–water partition coefficient (Wildman–Crippen LogP) is 2.92. The van der Waals surface area contributed by atoms with E-state index >= 15 is 0 Å². The van der Waals surface area contributed by atoms with E-state index in [2.05, 4.69) is 5.32 Å². The normalized spacial score (nSPS) is 11.3. The van der Waals surface area contributed by atoms with Crippen LogP contribution < -0.4 is 9.62 Å². The quantitative estimate of drug-likeness (QED) is 0.727. The number of fused-ring (bicyclic) bond motifs is 1. The molecule has 0 atom stereocenters. The molecule has 0 spiro atoms. The maximum absolute atomic E-state index is 12.3. The van der Waals surface area contributed by atoms with Crippen LogP contribution in [0.5, 0.6) is 0 Å². The molecule has 0 bridgehead atoms. The molecule has 134 valence electrons. The first-order chi connectivity index (χ1) is 12.4. The molecular weight excluding hydrogens is 348 g/mol. The Kier molecular flexibility index (Phi) is 5.23. The van der Waals surface area contributed by atoms with E-state index < -0.39 is 10.0 Å². The first-order valence-corrected chi connectivity index (χ1v) is 10.1. The summed E-state index contributed by atoms with van der Waals surface area (Å²) < 4.78 is 25.2. The zero-order valence-electron chi connectivity index (χ0n) is 14.4. The van der Waals surface area contributed by atoms with Gasteiger partial charge in [-0.25, -0.2) is 8.42 Å². The summed E-state index contributed by atoms with van der Waals surface area (Å²) in [6.45, 7) is 0.0898. The third kappa shape index (κ3) is 4.40. The van der Waals surface area contributed by atoms with Crippen LogP contribution in [0.1, 0.15) is 5.56 Å². The molecule has 1 amide bonds. The Bertz CT molecular complexity index is 1020. The van der Waals surface area contributed by atoms with Crippen molar-refractivity contribution in [3.63, 3.8) is 0 Å². The molecule has 3 aromatic rings. The molecule has 5 nitrogen and oxygen atoms in total. The smallest absolute Gasteiger partial charge is 0.241 e. The van der Waals surface area contributed by atoms with Crippen molar-refractivity contribution in [2.45, 2.75) is 6.54 Å². The molecule has 0 radical (unpaired) electrons. The fourth-order valence-corrected chi connectivity index (χ4v) is 3.59. The zero-order chi connectivity index (χ0) is 18.6. The van der Waals surface area contributed by atoms with Crippen LogP contribution in [0.3, 0.4) is 0 Å². The van der Waals surface area contributed by atoms with E-state index in [1.807, 2.05) is 42.5 Å². The van der Waals surface area contributed by atoms with Gasteiger partial charge in [-0.2, -0.15) is 0 Å². The van der Waals surface area contributed by atoms with Crippen molar-refractivity contribution in [2.24, 2.45) is 0 Å². The molecule has 6 heteroatoms. The summed E-state index contributed by atoms with van der Waals surface area (Å²) >= 11 is 0. The van der Waals surface area contributed by atoms with E-state index in [1.165, 1.54) is 0 Å². The van der Waals surface area contributed by atoms with Gasteiger partial charge in [0.2, 0.25) is 15.9 Å². The summed E-state index contributed by atoms with van der Waals surface area (Å²) in [7, 11) is -3.55. The summed E-state index contributed by atoms with van der Waals surface area (Å²) in [5, 5.41) is 5.02. The van der Waals surface area contributed by atoms with Crippen LogP contribution in [-0.2, 0) is 21.4 Å². The molecule has 0 heterocycles. The molecule has 26 heavy (non-hydrogen) atoms. The van der Waals surface area contributed by atoms with E-state index in [-0.39, 0.29) is 12.5 Å². The van der Waals surface area contributed by atoms with Gasteiger partial charge in [-0.05, 0) is 34.5 Å². The van der Waals surface area contributed by atoms with E-state index in [4.69, 9.17) is 0 Å². The Morgan fingerprint density at radius 2 is 1.58 bits per heavy atom. The van der Waals surface area contributed by atoms with Crippen molar-refractivity contribution in [1.82, 2.24) is 5.32 Å². The number of carbonyl (C=O) groups excluding carboxylic acids is 1. The van der Waals surface area contributed by atoms with Gasteiger partial charge >= 0.3 is 0 Å². The van der Waals surface area contributed by atoms with Crippen molar-refractivity contribution in [2.75, 3.05) is 17.1 Å². The lowest BCUT2D eigenvalue weighted by Gasteiger charge is -2.21. The van der Waals surface area contributed by atoms with Gasteiger partial charge in [0, 0.05) is 6.54 Å². The fraction of sp³-hybridized carbons (Fsp3) is 0.150. The number of amides is 1. The monoisotopic (exact) mass is 368 g/mol. The van der Waals surface area contributed by atoms with Crippen molar-refractivity contribution >= 4 is 32.4 Å². The Morgan fingerprint density at radius 1 is 0.923 bits per heavy atom. The highest BCUT2D eigenvalue weighted by atomic mass is 32.2. The highest BCUT2D eigenvalue weighted by Crippen LogP contribution is 2.17. The Balaban J connectivity index is 1.68. The van der Waals surface area contributed by atoms with Crippen LogP contribution in [0.2, 0.25) is 0 Å². The van der Waals surface area contributed by atoms with E-state index in [9.17, 15) is 13.2 Å². The average Bonchev–Trinajstić information content (AvgIpc) is 2.64. The lowest BCUT2D eigenvalue weighted by molar-refractivity contribution is -0.119. The van der Waals surface area contributed by atoms with Gasteiger partial charge in [-0.1, -0.05) is 54.6 Å². The predicted molar refractivity (Wildman–Crippen MR) is 104 cm³/mol. The Labute approximate surface area is 153 Å². The molecule has 3 rings (SSSR count). The van der Waals surface area contributed by atoms with Gasteiger partial charge in [0.25, 0.3) is 0 Å². The lowest BCUT2D eigenvalue weighted by atomic mass is 10.1. The van der Waals surface area contributed by atoms with Gasteiger partial charge in [-0.15, -0.1) is 0 Å². The number of para-hydroxylation sites is 1. The number of rotatable bonds is 6. The summed E-state index contributed by atoms with van der Waals surface area (Å²) in [6.07, 6.45) is 1.09. The standard InChI is InChI=1S/C20H20N2O3S/c1-26(24,25)22(19-9-3-2-4-10-19)15-20(23)21-14-16-11-12-17-7-5-6-8-18(17)13-16/h2-13H,14-15H2,1H3,(H,21,23). The molecule has 3 aromatic carbocycles. The number of hydrogen-bond donors (Lipinski definition) is 1. The van der Waals surface area contributed by atoms with Crippen LogP contribution >= 0.6 is 0 Å². The SMILES string of the molecule is CS(=O)(=O)N(CC(=O)NCc1ccc2ccccc2c1)c1ccccc1. The number of hydrogen-bond acceptors (Lipinski definition) is 3. The van der Waals surface area contributed by atoms with Crippen LogP contribution in [0, 0.1) is 0 Å². The second-order valence-electron chi connectivity index (χ2n) is 6.06. The molecule has 0 aromatic heterocycles. The van der Waals surface area contributed by atoms with Crippen LogP contribution in [0.15, 0.2) is 72.8 Å². The molecule has 0 aliphatic heterocycles. The Morgan fingerprint density at radius 3 is 2.27 bits per heavy atom. The zero-order valence-corrected chi connectivity index (χ0v) is 15.2. The molecular formula is C20H20N2O3S. The first kappa shape index (κ1) is 17.9. The molecule has 1 N–H and O–H groups in total. The van der Waals surface area contributed by atoms with Crippen LogP contribution in [0.4, 0.5) is 5.69 Å². The van der Waals surface area contributed by atoms with Gasteiger partial charge in [0.05, 0.1) is 11.9 Å². The molecule has 0 saturated carbocycles. The lowest BCUT2D eigenvalue weighted by Crippen LogP contribution is -2.40. The Hall–Kier alpha value is -2.86. The maximum Gasteiger partial charge on any atom is 0.241 e. The highest BCUT2D eigenvalue weighted by Gasteiger charge is 2.20.